The van der Waals surface area contributed by atoms with E-state index in [4.69, 9.17) is 10.8 Å². The lowest BCUT2D eigenvalue weighted by molar-refractivity contribution is -0.140. The summed E-state index contributed by atoms with van der Waals surface area (Å²) in [5.74, 6) is -0.876. The van der Waals surface area contributed by atoms with Gasteiger partial charge in [0.2, 0.25) is 0 Å². The van der Waals surface area contributed by atoms with Crippen molar-refractivity contribution in [1.29, 1.82) is 0 Å². The first-order valence-electron chi connectivity index (χ1n) is 4.08. The number of hydrogen-bond donors (Lipinski definition) is 2. The molecule has 1 aromatic rings. The van der Waals surface area contributed by atoms with Crippen LogP contribution in [0.2, 0.25) is 0 Å². The average Bonchev–Trinajstić information content (AvgIpc) is 2.80. The number of aromatic nitrogens is 1. The molecule has 2 rings (SSSR count). The van der Waals surface area contributed by atoms with Crippen molar-refractivity contribution in [3.63, 3.8) is 0 Å². The van der Waals surface area contributed by atoms with Crippen LogP contribution in [0, 0.1) is 0 Å². The van der Waals surface area contributed by atoms with E-state index >= 15 is 0 Å². The zero-order valence-electron chi connectivity index (χ0n) is 6.97. The number of nitrogens with zero attached hydrogens (tertiary/aromatic N) is 1. The summed E-state index contributed by atoms with van der Waals surface area (Å²) in [7, 11) is 0. The van der Waals surface area contributed by atoms with Crippen LogP contribution in [-0.4, -0.2) is 22.1 Å². The second-order valence-electron chi connectivity index (χ2n) is 3.30. The fraction of sp³-hybridized carbons (Fsp3) is 0.333. The van der Waals surface area contributed by atoms with Gasteiger partial charge in [0.25, 0.3) is 0 Å². The van der Waals surface area contributed by atoms with E-state index in [2.05, 4.69) is 4.98 Å². The van der Waals surface area contributed by atoms with E-state index in [1.165, 1.54) is 0 Å². The molecule has 3 N–H and O–H groups in total. The molecule has 4 nitrogen and oxygen atoms in total. The molecule has 68 valence electrons. The number of carboxylic acid groups (broad SMARTS) is 1. The summed E-state index contributed by atoms with van der Waals surface area (Å²) in [6, 6.07) is 4.95. The molecular formula is C9H10N2O2. The highest BCUT2D eigenvalue weighted by molar-refractivity contribution is 5.86. The van der Waals surface area contributed by atoms with Gasteiger partial charge in [0.15, 0.2) is 0 Å². The fourth-order valence-electron chi connectivity index (χ4n) is 1.56. The molecular weight excluding hydrogens is 168 g/mol. The minimum atomic E-state index is -0.915. The van der Waals surface area contributed by atoms with Crippen LogP contribution < -0.4 is 5.73 Å². The first-order chi connectivity index (χ1) is 6.18. The summed E-state index contributed by atoms with van der Waals surface area (Å²) < 4.78 is 0. The van der Waals surface area contributed by atoms with Crippen molar-refractivity contribution in [3.05, 3.63) is 30.1 Å². The van der Waals surface area contributed by atoms with Crippen molar-refractivity contribution in [2.24, 2.45) is 5.73 Å². The van der Waals surface area contributed by atoms with Gasteiger partial charge in [0.1, 0.15) is 5.41 Å². The Balaban J connectivity index is 2.40. The highest BCUT2D eigenvalue weighted by atomic mass is 16.4. The molecule has 0 amide bonds. The standard InChI is InChI=1S/C9H10N2O2/c10-6-5-9(6,8(12)13)7-3-1-2-4-11-7/h1-4,6H,5,10H2,(H,12,13). The second kappa shape index (κ2) is 2.53. The van der Waals surface area contributed by atoms with Crippen molar-refractivity contribution >= 4 is 5.97 Å². The third-order valence-corrected chi connectivity index (χ3v) is 2.52. The highest BCUT2D eigenvalue weighted by Gasteiger charge is 2.61. The molecule has 2 atom stereocenters. The maximum Gasteiger partial charge on any atom is 0.317 e. The van der Waals surface area contributed by atoms with Crippen LogP contribution in [0.5, 0.6) is 0 Å². The van der Waals surface area contributed by atoms with E-state index in [0.29, 0.717) is 12.1 Å². The van der Waals surface area contributed by atoms with Gasteiger partial charge >= 0.3 is 5.97 Å². The molecule has 0 bridgehead atoms. The lowest BCUT2D eigenvalue weighted by Crippen LogP contribution is -2.28. The first kappa shape index (κ1) is 8.19. The topological polar surface area (TPSA) is 76.2 Å². The predicted octanol–water partition coefficient (Wildman–Crippen LogP) is 0.135. The number of hydrogen-bond acceptors (Lipinski definition) is 3. The lowest BCUT2D eigenvalue weighted by Gasteiger charge is -2.08. The third-order valence-electron chi connectivity index (χ3n) is 2.52. The van der Waals surface area contributed by atoms with Crippen LogP contribution in [0.1, 0.15) is 12.1 Å². The minimum Gasteiger partial charge on any atom is -0.480 e. The molecule has 1 aliphatic rings. The normalized spacial score (nSPS) is 31.3. The molecule has 0 aromatic carbocycles. The largest absolute Gasteiger partial charge is 0.480 e. The van der Waals surface area contributed by atoms with Gasteiger partial charge in [-0.3, -0.25) is 9.78 Å². The molecule has 2 unspecified atom stereocenters. The predicted molar refractivity (Wildman–Crippen MR) is 46.1 cm³/mol. The summed E-state index contributed by atoms with van der Waals surface area (Å²) in [6.07, 6.45) is 2.07. The number of pyridine rings is 1. The van der Waals surface area contributed by atoms with E-state index in [1.54, 1.807) is 24.4 Å². The summed E-state index contributed by atoms with van der Waals surface area (Å²) in [5.41, 5.74) is 5.26. The molecule has 13 heavy (non-hydrogen) atoms. The van der Waals surface area contributed by atoms with E-state index < -0.39 is 11.4 Å². The summed E-state index contributed by atoms with van der Waals surface area (Å²) in [5, 5.41) is 9.01. The summed E-state index contributed by atoms with van der Waals surface area (Å²) in [4.78, 5) is 15.0. The molecule has 0 saturated heterocycles. The molecule has 0 aliphatic heterocycles. The summed E-state index contributed by atoms with van der Waals surface area (Å²) in [6.45, 7) is 0. The minimum absolute atomic E-state index is 0.292. The Morgan fingerprint density at radius 2 is 2.38 bits per heavy atom. The number of nitrogens with two attached hydrogens (primary N) is 1. The maximum atomic E-state index is 11.0. The van der Waals surface area contributed by atoms with E-state index in [-0.39, 0.29) is 6.04 Å². The summed E-state index contributed by atoms with van der Waals surface area (Å²) >= 11 is 0. The van der Waals surface area contributed by atoms with E-state index in [9.17, 15) is 4.79 Å². The molecule has 4 heteroatoms. The Kier molecular flexibility index (Phi) is 1.60. The van der Waals surface area contributed by atoms with Gasteiger partial charge in [-0.15, -0.1) is 0 Å². The van der Waals surface area contributed by atoms with Gasteiger partial charge in [-0.05, 0) is 18.6 Å². The molecule has 1 aliphatic carbocycles. The van der Waals surface area contributed by atoms with Crippen LogP contribution in [0.3, 0.4) is 0 Å². The van der Waals surface area contributed by atoms with Gasteiger partial charge in [0.05, 0.1) is 5.69 Å². The quantitative estimate of drug-likeness (QED) is 0.675. The SMILES string of the molecule is NC1CC1(C(=O)O)c1ccccn1. The lowest BCUT2D eigenvalue weighted by atomic mass is 10.0. The van der Waals surface area contributed by atoms with Crippen LogP contribution >= 0.6 is 0 Å². The highest BCUT2D eigenvalue weighted by Crippen LogP contribution is 2.46. The van der Waals surface area contributed by atoms with Crippen LogP contribution in [0.4, 0.5) is 0 Å². The molecule has 1 aromatic heterocycles. The monoisotopic (exact) mass is 178 g/mol. The van der Waals surface area contributed by atoms with Gasteiger partial charge in [-0.1, -0.05) is 6.07 Å². The van der Waals surface area contributed by atoms with Gasteiger partial charge in [0, 0.05) is 12.2 Å². The second-order valence-corrected chi connectivity index (χ2v) is 3.30. The van der Waals surface area contributed by atoms with Crippen molar-refractivity contribution in [3.8, 4) is 0 Å². The smallest absolute Gasteiger partial charge is 0.317 e. The Hall–Kier alpha value is -1.42. The first-order valence-corrected chi connectivity index (χ1v) is 4.08. The maximum absolute atomic E-state index is 11.0. The van der Waals surface area contributed by atoms with E-state index in [0.717, 1.165) is 0 Å². The third kappa shape index (κ3) is 1.02. The Morgan fingerprint density at radius 1 is 1.69 bits per heavy atom. The van der Waals surface area contributed by atoms with Crippen molar-refractivity contribution in [2.75, 3.05) is 0 Å². The molecule has 0 spiro atoms. The van der Waals surface area contributed by atoms with Gasteiger partial charge in [-0.2, -0.15) is 0 Å². The molecule has 1 fully saturated rings. The Morgan fingerprint density at radius 3 is 2.77 bits per heavy atom. The van der Waals surface area contributed by atoms with Gasteiger partial charge in [-0.25, -0.2) is 0 Å². The molecule has 0 radical (unpaired) electrons. The number of carbonyl (C=O) groups is 1. The zero-order chi connectivity index (χ0) is 9.47. The molecule has 1 saturated carbocycles. The average molecular weight is 178 g/mol. The van der Waals surface area contributed by atoms with Crippen LogP contribution in [0.15, 0.2) is 24.4 Å². The van der Waals surface area contributed by atoms with Crippen molar-refractivity contribution in [2.45, 2.75) is 17.9 Å². The number of rotatable bonds is 2. The van der Waals surface area contributed by atoms with Crippen LogP contribution in [-0.2, 0) is 10.2 Å². The van der Waals surface area contributed by atoms with Crippen molar-refractivity contribution < 1.29 is 9.90 Å². The zero-order valence-corrected chi connectivity index (χ0v) is 6.97. The van der Waals surface area contributed by atoms with Crippen molar-refractivity contribution in [1.82, 2.24) is 4.98 Å². The van der Waals surface area contributed by atoms with Gasteiger partial charge < -0.3 is 10.8 Å². The number of aliphatic carboxylic acids is 1. The number of carboxylic acids is 1. The Labute approximate surface area is 75.4 Å². The van der Waals surface area contributed by atoms with E-state index in [1.807, 2.05) is 0 Å². The van der Waals surface area contributed by atoms with Crippen LogP contribution in [0.25, 0.3) is 0 Å². The fourth-order valence-corrected chi connectivity index (χ4v) is 1.56. The molecule has 1 heterocycles. The Bertz CT molecular complexity index is 339.